The zero-order chi connectivity index (χ0) is 17.1. The average molecular weight is 359 g/mol. The Bertz CT molecular complexity index is 853. The van der Waals surface area contributed by atoms with Gasteiger partial charge in [-0.2, -0.15) is 0 Å². The van der Waals surface area contributed by atoms with Gasteiger partial charge in [-0.05, 0) is 18.2 Å². The molecule has 2 N–H and O–H groups in total. The Morgan fingerprint density at radius 2 is 2.09 bits per heavy atom. The number of pyridine rings is 1. The van der Waals surface area contributed by atoms with E-state index < -0.39 is 28.3 Å². The van der Waals surface area contributed by atoms with Gasteiger partial charge in [-0.3, -0.25) is 14.3 Å². The second-order valence-electron chi connectivity index (χ2n) is 4.48. The van der Waals surface area contributed by atoms with Gasteiger partial charge in [-0.15, -0.1) is 0 Å². The van der Waals surface area contributed by atoms with E-state index in [1.807, 2.05) is 0 Å². The van der Waals surface area contributed by atoms with Gasteiger partial charge >= 0.3 is 0 Å². The lowest BCUT2D eigenvalue weighted by Crippen LogP contribution is -2.25. The lowest BCUT2D eigenvalue weighted by molar-refractivity contribution is 0.0979. The monoisotopic (exact) mass is 358 g/mol. The Morgan fingerprint density at radius 3 is 2.65 bits per heavy atom. The van der Waals surface area contributed by atoms with Crippen molar-refractivity contribution < 1.29 is 18.1 Å². The topological polar surface area (TPSA) is 88.3 Å². The van der Waals surface area contributed by atoms with Crippen LogP contribution in [0.1, 0.15) is 10.4 Å². The number of aromatic nitrogens is 1. The lowest BCUT2D eigenvalue weighted by Gasteiger charge is -2.12. The van der Waals surface area contributed by atoms with Gasteiger partial charge in [0.2, 0.25) is 0 Å². The van der Waals surface area contributed by atoms with Crippen molar-refractivity contribution in [2.24, 2.45) is 0 Å². The lowest BCUT2D eigenvalue weighted by atomic mass is 10.0. The van der Waals surface area contributed by atoms with Crippen molar-refractivity contribution in [1.29, 1.82) is 0 Å². The zero-order valence-electron chi connectivity index (χ0n) is 12.1. The van der Waals surface area contributed by atoms with Gasteiger partial charge in [-0.25, -0.2) is 8.60 Å². The fourth-order valence-corrected chi connectivity index (χ4v) is 2.46. The number of hydrogen-bond acceptors (Lipinski definition) is 4. The Labute approximate surface area is 138 Å². The fourth-order valence-electron chi connectivity index (χ4n) is 1.92. The summed E-state index contributed by atoms with van der Waals surface area (Å²) in [6, 6.07) is 3.63. The molecule has 9 heteroatoms. The van der Waals surface area contributed by atoms with Crippen LogP contribution in [0, 0.1) is 5.82 Å². The van der Waals surface area contributed by atoms with E-state index in [0.29, 0.717) is 11.1 Å². The van der Waals surface area contributed by atoms with E-state index in [4.69, 9.17) is 16.3 Å². The molecule has 122 valence electrons. The summed E-state index contributed by atoms with van der Waals surface area (Å²) >= 11 is 5.76. The summed E-state index contributed by atoms with van der Waals surface area (Å²) in [6.45, 7) is 0. The Balaban J connectivity index is 2.56. The first kappa shape index (κ1) is 17.2. The molecule has 1 aromatic heterocycles. The molecule has 1 unspecified atom stereocenters. The molecule has 0 aliphatic heterocycles. The summed E-state index contributed by atoms with van der Waals surface area (Å²) in [5, 5.41) is -0.0619. The largest absolute Gasteiger partial charge is 0.496 e. The summed E-state index contributed by atoms with van der Waals surface area (Å²) in [5.41, 5.74) is -0.0682. The number of amides is 1. The standard InChI is InChI=1S/C14H12ClFN2O4S/c1-22-12-5-9(13(19)18-23(2)21)11(16)4-8(12)7-3-10(15)14(20)17-6-7/h3-6H,1-2H3,(H,17,20)(H,18,19). The predicted octanol–water partition coefficient (Wildman–Crippen LogP) is 1.87. The number of halogens is 2. The number of nitrogens with one attached hydrogen (secondary N) is 2. The first-order valence-corrected chi connectivity index (χ1v) is 8.17. The van der Waals surface area contributed by atoms with Gasteiger partial charge in [0.1, 0.15) is 27.6 Å². The Hall–Kier alpha value is -2.19. The number of hydrogen-bond donors (Lipinski definition) is 2. The van der Waals surface area contributed by atoms with Crippen LogP contribution in [0.25, 0.3) is 11.1 Å². The van der Waals surface area contributed by atoms with Gasteiger partial charge in [0.15, 0.2) is 0 Å². The number of H-pyrrole nitrogens is 1. The molecule has 23 heavy (non-hydrogen) atoms. The van der Waals surface area contributed by atoms with Crippen molar-refractivity contribution in [2.75, 3.05) is 13.4 Å². The molecule has 0 saturated carbocycles. The van der Waals surface area contributed by atoms with Crippen molar-refractivity contribution >= 4 is 28.5 Å². The van der Waals surface area contributed by atoms with Crippen molar-refractivity contribution in [3.8, 4) is 16.9 Å². The van der Waals surface area contributed by atoms with E-state index in [0.717, 1.165) is 6.07 Å². The Morgan fingerprint density at radius 1 is 1.39 bits per heavy atom. The average Bonchev–Trinajstić information content (AvgIpc) is 2.49. The number of carbonyl (C=O) groups excluding carboxylic acids is 1. The van der Waals surface area contributed by atoms with Crippen LogP contribution in [0.5, 0.6) is 5.75 Å². The molecule has 1 atom stereocenters. The normalized spacial score (nSPS) is 11.8. The molecule has 0 aliphatic rings. The molecule has 1 heterocycles. The van der Waals surface area contributed by atoms with Crippen molar-refractivity contribution in [3.63, 3.8) is 0 Å². The molecule has 6 nitrogen and oxygen atoms in total. The van der Waals surface area contributed by atoms with Crippen LogP contribution in [0.15, 0.2) is 29.2 Å². The zero-order valence-corrected chi connectivity index (χ0v) is 13.7. The maximum Gasteiger partial charge on any atom is 0.266 e. The predicted molar refractivity (Wildman–Crippen MR) is 85.6 cm³/mol. The van der Waals surface area contributed by atoms with E-state index >= 15 is 0 Å². The van der Waals surface area contributed by atoms with Crippen LogP contribution in [0.4, 0.5) is 4.39 Å². The number of rotatable bonds is 4. The molecule has 1 amide bonds. The third kappa shape index (κ3) is 3.77. The number of aromatic amines is 1. The van der Waals surface area contributed by atoms with Crippen LogP contribution in [-0.2, 0) is 11.0 Å². The second-order valence-corrected chi connectivity index (χ2v) is 6.00. The fraction of sp³-hybridized carbons (Fsp3) is 0.143. The van der Waals surface area contributed by atoms with Gasteiger partial charge in [0.05, 0.1) is 12.7 Å². The highest BCUT2D eigenvalue weighted by atomic mass is 35.5. The van der Waals surface area contributed by atoms with Crippen LogP contribution < -0.4 is 15.0 Å². The van der Waals surface area contributed by atoms with Gasteiger partial charge in [-0.1, -0.05) is 11.6 Å². The van der Waals surface area contributed by atoms with Crippen LogP contribution >= 0.6 is 11.6 Å². The maximum absolute atomic E-state index is 14.2. The van der Waals surface area contributed by atoms with E-state index in [2.05, 4.69) is 9.71 Å². The molecular weight excluding hydrogens is 347 g/mol. The minimum absolute atomic E-state index is 0.0619. The van der Waals surface area contributed by atoms with Crippen LogP contribution in [-0.4, -0.2) is 28.5 Å². The van der Waals surface area contributed by atoms with Gasteiger partial charge in [0, 0.05) is 23.6 Å². The molecular formula is C14H12ClFN2O4S. The molecule has 0 spiro atoms. The molecule has 0 bridgehead atoms. The summed E-state index contributed by atoms with van der Waals surface area (Å²) < 4.78 is 32.5. The minimum atomic E-state index is -1.62. The number of methoxy groups -OCH3 is 1. The molecule has 0 fully saturated rings. The number of benzene rings is 1. The first-order valence-electron chi connectivity index (χ1n) is 6.24. The van der Waals surface area contributed by atoms with Crippen molar-refractivity contribution in [1.82, 2.24) is 9.71 Å². The molecule has 0 saturated heterocycles. The van der Waals surface area contributed by atoms with E-state index in [1.54, 1.807) is 0 Å². The summed E-state index contributed by atoms with van der Waals surface area (Å²) in [6.07, 6.45) is 2.61. The van der Waals surface area contributed by atoms with Gasteiger partial charge < -0.3 is 9.72 Å². The summed E-state index contributed by atoms with van der Waals surface area (Å²) in [4.78, 5) is 25.5. The van der Waals surface area contributed by atoms with E-state index in [9.17, 15) is 18.2 Å². The van der Waals surface area contributed by atoms with E-state index in [1.165, 1.54) is 31.7 Å². The highest BCUT2D eigenvalue weighted by Gasteiger charge is 2.18. The minimum Gasteiger partial charge on any atom is -0.496 e. The number of carbonyl (C=O) groups is 1. The van der Waals surface area contributed by atoms with Gasteiger partial charge in [0.25, 0.3) is 11.5 Å². The Kier molecular flexibility index (Phi) is 5.17. The molecule has 1 aromatic carbocycles. The quantitative estimate of drug-likeness (QED) is 0.873. The van der Waals surface area contributed by atoms with Crippen molar-refractivity contribution in [3.05, 3.63) is 51.2 Å². The SMILES string of the molecule is COc1cc(C(=O)NS(C)=O)c(F)cc1-c1c[nH]c(=O)c(Cl)c1. The summed E-state index contributed by atoms with van der Waals surface area (Å²) in [7, 11) is -0.273. The summed E-state index contributed by atoms with van der Waals surface area (Å²) in [5.74, 6) is -1.46. The maximum atomic E-state index is 14.2. The molecule has 2 aromatic rings. The van der Waals surface area contributed by atoms with E-state index in [-0.39, 0.29) is 16.3 Å². The van der Waals surface area contributed by atoms with Crippen molar-refractivity contribution in [2.45, 2.75) is 0 Å². The molecule has 2 rings (SSSR count). The van der Waals surface area contributed by atoms with Crippen LogP contribution in [0.2, 0.25) is 5.02 Å². The second kappa shape index (κ2) is 6.93. The third-order valence-electron chi connectivity index (χ3n) is 2.94. The molecule has 0 aliphatic carbocycles. The highest BCUT2D eigenvalue weighted by Crippen LogP contribution is 2.32. The highest BCUT2D eigenvalue weighted by molar-refractivity contribution is 7.82. The first-order chi connectivity index (χ1) is 10.8. The number of ether oxygens (including phenoxy) is 1. The molecule has 0 radical (unpaired) electrons. The smallest absolute Gasteiger partial charge is 0.266 e. The third-order valence-corrected chi connectivity index (χ3v) is 3.69. The van der Waals surface area contributed by atoms with Crippen LogP contribution in [0.3, 0.4) is 0 Å².